The molecule has 2 rings (SSSR count). The number of carbonyl (C=O) groups excluding carboxylic acids is 1. The van der Waals surface area contributed by atoms with Crippen molar-refractivity contribution in [2.75, 3.05) is 11.1 Å². The lowest BCUT2D eigenvalue weighted by atomic mass is 10.3. The van der Waals surface area contributed by atoms with Crippen LogP contribution in [0.5, 0.6) is 5.75 Å². The Balaban J connectivity index is 1.89. The van der Waals surface area contributed by atoms with Gasteiger partial charge in [-0.25, -0.2) is 4.98 Å². The van der Waals surface area contributed by atoms with E-state index in [9.17, 15) is 18.4 Å². The predicted octanol–water partition coefficient (Wildman–Crippen LogP) is 2.98. The fourth-order valence-corrected chi connectivity index (χ4v) is 2.50. The minimum atomic E-state index is -3.79. The Kier molecular flexibility index (Phi) is 5.79. The highest BCUT2D eigenvalue weighted by atomic mass is 35.5. The molecule has 0 unspecified atom stereocenters. The van der Waals surface area contributed by atoms with E-state index in [2.05, 4.69) is 31.6 Å². The molecule has 0 saturated carbocycles. The minimum absolute atomic E-state index is 0.0182. The van der Waals surface area contributed by atoms with E-state index in [1.807, 2.05) is 0 Å². The standard InChI is InChI=1S/C14H12ClF2N3O3S/c1-8-6-11(21)20-13(18-8)24-7-12(22)19-9-2-4-10(5-3-9)23-14(15,16)17/h2-6H,7H2,1H3,(H,19,22)(H,18,20,21). The first-order valence-electron chi connectivity index (χ1n) is 6.58. The van der Waals surface area contributed by atoms with Crippen LogP contribution >= 0.6 is 23.4 Å². The van der Waals surface area contributed by atoms with Crippen molar-refractivity contribution in [3.05, 3.63) is 46.4 Å². The number of nitrogens with one attached hydrogen (secondary N) is 2. The van der Waals surface area contributed by atoms with Gasteiger partial charge in [-0.1, -0.05) is 11.8 Å². The fraction of sp³-hybridized carbons (Fsp3) is 0.214. The van der Waals surface area contributed by atoms with Crippen LogP contribution in [0.3, 0.4) is 0 Å². The molecular formula is C14H12ClF2N3O3S. The quantitative estimate of drug-likeness (QED) is 0.460. The molecule has 10 heteroatoms. The number of nitrogens with zero attached hydrogens (tertiary/aromatic N) is 1. The van der Waals surface area contributed by atoms with Crippen LogP contribution < -0.4 is 15.6 Å². The molecule has 0 aliphatic rings. The number of rotatable bonds is 6. The van der Waals surface area contributed by atoms with Crippen LogP contribution in [-0.4, -0.2) is 27.2 Å². The number of amides is 1. The normalized spacial score (nSPS) is 11.2. The van der Waals surface area contributed by atoms with Gasteiger partial charge in [0.05, 0.1) is 5.75 Å². The molecule has 0 radical (unpaired) electrons. The maximum absolute atomic E-state index is 12.5. The van der Waals surface area contributed by atoms with Gasteiger partial charge >= 0.3 is 5.57 Å². The molecule has 1 amide bonds. The monoisotopic (exact) mass is 375 g/mol. The molecule has 1 aromatic heterocycles. The largest absolute Gasteiger partial charge is 0.487 e. The molecule has 128 valence electrons. The highest BCUT2D eigenvalue weighted by Crippen LogP contribution is 2.26. The molecule has 24 heavy (non-hydrogen) atoms. The third-order valence-corrected chi connectivity index (χ3v) is 3.51. The Morgan fingerprint density at radius 3 is 2.67 bits per heavy atom. The van der Waals surface area contributed by atoms with Crippen molar-refractivity contribution in [1.29, 1.82) is 0 Å². The summed E-state index contributed by atoms with van der Waals surface area (Å²) in [5.41, 5.74) is -3.14. The number of carbonyl (C=O) groups is 1. The maximum Gasteiger partial charge on any atom is 0.487 e. The summed E-state index contributed by atoms with van der Waals surface area (Å²) in [7, 11) is 0. The average Bonchev–Trinajstić information content (AvgIpc) is 2.45. The Hall–Kier alpha value is -2.13. The SMILES string of the molecule is Cc1cc(=O)[nH]c(SCC(=O)Nc2ccc(OC(F)(F)Cl)cc2)n1. The van der Waals surface area contributed by atoms with Crippen molar-refractivity contribution < 1.29 is 18.3 Å². The van der Waals surface area contributed by atoms with Gasteiger partial charge in [0.25, 0.3) is 5.56 Å². The Morgan fingerprint density at radius 2 is 2.08 bits per heavy atom. The van der Waals surface area contributed by atoms with Crippen LogP contribution in [0.15, 0.2) is 40.3 Å². The summed E-state index contributed by atoms with van der Waals surface area (Å²) in [5, 5.41) is 2.91. The Morgan fingerprint density at radius 1 is 1.42 bits per heavy atom. The summed E-state index contributed by atoms with van der Waals surface area (Å²) < 4.78 is 29.1. The van der Waals surface area contributed by atoms with Gasteiger partial charge in [0.2, 0.25) is 5.91 Å². The summed E-state index contributed by atoms with van der Waals surface area (Å²) >= 11 is 5.72. The van der Waals surface area contributed by atoms with Gasteiger partial charge in [-0.15, -0.1) is 8.78 Å². The maximum atomic E-state index is 12.5. The van der Waals surface area contributed by atoms with E-state index in [-0.39, 0.29) is 23.0 Å². The van der Waals surface area contributed by atoms with E-state index < -0.39 is 5.57 Å². The second kappa shape index (κ2) is 7.63. The first kappa shape index (κ1) is 18.2. The Bertz CT molecular complexity index is 778. The van der Waals surface area contributed by atoms with Gasteiger partial charge in [0.15, 0.2) is 5.16 Å². The lowest BCUT2D eigenvalue weighted by Gasteiger charge is -2.11. The molecule has 0 fully saturated rings. The lowest BCUT2D eigenvalue weighted by molar-refractivity contribution is -0.113. The number of aromatic amines is 1. The summed E-state index contributed by atoms with van der Waals surface area (Å²) in [6.45, 7) is 1.67. The molecule has 0 saturated heterocycles. The molecule has 6 nitrogen and oxygen atoms in total. The van der Waals surface area contributed by atoms with E-state index in [0.717, 1.165) is 11.8 Å². The molecule has 0 spiro atoms. The number of aryl methyl sites for hydroxylation is 1. The van der Waals surface area contributed by atoms with Gasteiger partial charge in [-0.2, -0.15) is 0 Å². The van der Waals surface area contributed by atoms with Crippen LogP contribution in [0.25, 0.3) is 0 Å². The van der Waals surface area contributed by atoms with Gasteiger partial charge in [-0.3, -0.25) is 9.59 Å². The minimum Gasteiger partial charge on any atom is -0.420 e. The number of alkyl halides is 3. The van der Waals surface area contributed by atoms with Crippen LogP contribution in [0.4, 0.5) is 14.5 Å². The number of H-pyrrole nitrogens is 1. The smallest absolute Gasteiger partial charge is 0.420 e. The van der Waals surface area contributed by atoms with E-state index in [4.69, 9.17) is 0 Å². The fourth-order valence-electron chi connectivity index (χ4n) is 1.69. The van der Waals surface area contributed by atoms with Crippen molar-refractivity contribution >= 4 is 35.0 Å². The van der Waals surface area contributed by atoms with Crippen LogP contribution in [-0.2, 0) is 4.79 Å². The zero-order valence-corrected chi connectivity index (χ0v) is 13.9. The molecule has 2 aromatic rings. The first-order chi connectivity index (χ1) is 11.2. The van der Waals surface area contributed by atoms with Gasteiger partial charge in [0, 0.05) is 29.0 Å². The third kappa shape index (κ3) is 6.17. The van der Waals surface area contributed by atoms with Gasteiger partial charge < -0.3 is 15.0 Å². The highest BCUT2D eigenvalue weighted by molar-refractivity contribution is 7.99. The summed E-state index contributed by atoms with van der Waals surface area (Å²) in [6.07, 6.45) is 0. The molecule has 1 heterocycles. The lowest BCUT2D eigenvalue weighted by Crippen LogP contribution is -2.16. The number of ether oxygens (including phenoxy) is 1. The van der Waals surface area contributed by atoms with Crippen LogP contribution in [0, 0.1) is 6.92 Å². The number of hydrogen-bond donors (Lipinski definition) is 2. The summed E-state index contributed by atoms with van der Waals surface area (Å²) in [6, 6.07) is 6.63. The molecule has 0 aliphatic heterocycles. The van der Waals surface area contributed by atoms with Crippen molar-refractivity contribution in [3.8, 4) is 5.75 Å². The molecule has 2 N–H and O–H groups in total. The van der Waals surface area contributed by atoms with Crippen molar-refractivity contribution in [1.82, 2.24) is 9.97 Å². The number of anilines is 1. The van der Waals surface area contributed by atoms with E-state index >= 15 is 0 Å². The number of thioether (sulfide) groups is 1. The average molecular weight is 376 g/mol. The van der Waals surface area contributed by atoms with Crippen molar-refractivity contribution in [2.24, 2.45) is 0 Å². The van der Waals surface area contributed by atoms with Crippen LogP contribution in [0.1, 0.15) is 5.69 Å². The van der Waals surface area contributed by atoms with Crippen molar-refractivity contribution in [3.63, 3.8) is 0 Å². The van der Waals surface area contributed by atoms with Gasteiger partial charge in [0.1, 0.15) is 5.75 Å². The van der Waals surface area contributed by atoms with E-state index in [0.29, 0.717) is 16.5 Å². The predicted molar refractivity (Wildman–Crippen MR) is 86.8 cm³/mol. The topological polar surface area (TPSA) is 84.1 Å². The first-order valence-corrected chi connectivity index (χ1v) is 7.94. The zero-order valence-electron chi connectivity index (χ0n) is 12.3. The molecular weight excluding hydrogens is 364 g/mol. The second-order valence-electron chi connectivity index (χ2n) is 4.60. The third-order valence-electron chi connectivity index (χ3n) is 2.56. The van der Waals surface area contributed by atoms with Crippen molar-refractivity contribution in [2.45, 2.75) is 17.6 Å². The summed E-state index contributed by atoms with van der Waals surface area (Å²) in [5.74, 6) is -0.464. The number of hydrogen-bond acceptors (Lipinski definition) is 5. The van der Waals surface area contributed by atoms with Crippen LogP contribution in [0.2, 0.25) is 0 Å². The van der Waals surface area contributed by atoms with E-state index in [1.54, 1.807) is 6.92 Å². The molecule has 0 aliphatic carbocycles. The zero-order chi connectivity index (χ0) is 17.7. The molecule has 1 aromatic carbocycles. The number of aromatic nitrogens is 2. The molecule has 0 atom stereocenters. The highest BCUT2D eigenvalue weighted by Gasteiger charge is 2.27. The summed E-state index contributed by atoms with van der Waals surface area (Å²) in [4.78, 5) is 29.7. The number of benzene rings is 1. The second-order valence-corrected chi connectivity index (χ2v) is 6.01. The number of halogens is 3. The molecule has 0 bridgehead atoms. The van der Waals surface area contributed by atoms with Gasteiger partial charge in [-0.05, 0) is 31.2 Å². The Labute approximate surface area is 144 Å². The van der Waals surface area contributed by atoms with E-state index in [1.165, 1.54) is 30.3 Å².